The third-order valence-electron chi connectivity index (χ3n) is 2.38. The van der Waals surface area contributed by atoms with Crippen molar-refractivity contribution in [2.24, 2.45) is 7.05 Å². The number of carbonyl (C=O) groups excluding carboxylic acids is 1. The molecule has 0 aliphatic carbocycles. The van der Waals surface area contributed by atoms with Crippen LogP contribution in [-0.2, 0) is 7.05 Å². The zero-order chi connectivity index (χ0) is 14.5. The molecule has 2 rings (SSSR count). The highest BCUT2D eigenvalue weighted by atomic mass is 32.1. The Morgan fingerprint density at radius 3 is 2.75 bits per heavy atom. The third-order valence-corrected chi connectivity index (χ3v) is 2.58. The summed E-state index contributed by atoms with van der Waals surface area (Å²) in [5, 5.41) is 6.58. The van der Waals surface area contributed by atoms with Gasteiger partial charge in [-0.2, -0.15) is 5.10 Å². The summed E-state index contributed by atoms with van der Waals surface area (Å²) in [7, 11) is 1.70. The zero-order valence-electron chi connectivity index (χ0n) is 10.6. The number of para-hydroxylation sites is 1. The Morgan fingerprint density at radius 2 is 2.10 bits per heavy atom. The number of thiocarbonyl (C=S) groups is 1. The summed E-state index contributed by atoms with van der Waals surface area (Å²) in [6.07, 6.45) is 2.98. The highest BCUT2D eigenvalue weighted by Crippen LogP contribution is 2.11. The molecule has 2 aromatic rings. The molecule has 0 aliphatic heterocycles. The van der Waals surface area contributed by atoms with Crippen molar-refractivity contribution >= 4 is 28.9 Å². The van der Waals surface area contributed by atoms with E-state index in [1.54, 1.807) is 25.4 Å². The van der Waals surface area contributed by atoms with E-state index in [0.717, 1.165) is 0 Å². The Hall–Kier alpha value is -2.48. The number of rotatable bonds is 2. The van der Waals surface area contributed by atoms with E-state index in [9.17, 15) is 9.18 Å². The van der Waals surface area contributed by atoms with Crippen LogP contribution in [0.25, 0.3) is 0 Å². The van der Waals surface area contributed by atoms with E-state index >= 15 is 0 Å². The number of nitrogens with zero attached hydrogens (tertiary/aromatic N) is 2. The molecule has 0 saturated carbocycles. The van der Waals surface area contributed by atoms with Crippen molar-refractivity contribution in [3.8, 4) is 0 Å². The first-order valence-corrected chi connectivity index (χ1v) is 6.07. The topological polar surface area (TPSA) is 71.0 Å². The van der Waals surface area contributed by atoms with Crippen molar-refractivity contribution in [2.45, 2.75) is 0 Å². The summed E-state index contributed by atoms with van der Waals surface area (Å²) >= 11 is 4.94. The maximum absolute atomic E-state index is 13.4. The summed E-state index contributed by atoms with van der Waals surface area (Å²) in [6.45, 7) is 0. The second kappa shape index (κ2) is 6.11. The van der Waals surface area contributed by atoms with Crippen molar-refractivity contribution in [3.05, 3.63) is 48.0 Å². The maximum atomic E-state index is 13.4. The van der Waals surface area contributed by atoms with Crippen molar-refractivity contribution in [2.75, 3.05) is 5.32 Å². The molecule has 0 radical (unpaired) electrons. The van der Waals surface area contributed by atoms with Gasteiger partial charge in [0.2, 0.25) is 0 Å². The largest absolute Gasteiger partial charge is 0.329 e. The lowest BCUT2D eigenvalue weighted by Crippen LogP contribution is -2.43. The number of anilines is 1. The predicted octanol–water partition coefficient (Wildman–Crippen LogP) is 1.19. The molecule has 0 atom stereocenters. The van der Waals surface area contributed by atoms with E-state index in [-0.39, 0.29) is 10.8 Å². The summed E-state index contributed by atoms with van der Waals surface area (Å²) < 4.78 is 14.9. The number of hydrogen-bond donors (Lipinski definition) is 3. The van der Waals surface area contributed by atoms with Crippen LogP contribution >= 0.6 is 12.2 Å². The van der Waals surface area contributed by atoms with Gasteiger partial charge in [-0.3, -0.25) is 20.3 Å². The van der Waals surface area contributed by atoms with Crippen LogP contribution in [0.1, 0.15) is 10.4 Å². The van der Waals surface area contributed by atoms with Crippen molar-refractivity contribution in [3.63, 3.8) is 0 Å². The molecule has 0 aliphatic rings. The van der Waals surface area contributed by atoms with Gasteiger partial charge >= 0.3 is 0 Å². The number of aromatic nitrogens is 2. The molecule has 1 aromatic carbocycles. The number of hydrogen-bond acceptors (Lipinski definition) is 3. The van der Waals surface area contributed by atoms with Gasteiger partial charge in [-0.15, -0.1) is 0 Å². The quantitative estimate of drug-likeness (QED) is 0.573. The molecular weight excluding hydrogens is 281 g/mol. The van der Waals surface area contributed by atoms with Gasteiger partial charge in [0, 0.05) is 13.2 Å². The van der Waals surface area contributed by atoms with Gasteiger partial charge in [0.1, 0.15) is 5.82 Å². The van der Waals surface area contributed by atoms with Crippen molar-refractivity contribution in [1.29, 1.82) is 0 Å². The second-order valence-electron chi connectivity index (χ2n) is 3.92. The van der Waals surface area contributed by atoms with E-state index in [1.165, 1.54) is 23.0 Å². The standard InChI is InChI=1S/C12H12FN5OS/c1-18-7-8(6-14-18)11(19)16-17-12(20)15-10-5-3-2-4-9(10)13/h2-7H,1H3,(H,16,19)(H2,15,17,20). The fourth-order valence-electron chi connectivity index (χ4n) is 1.44. The van der Waals surface area contributed by atoms with Gasteiger partial charge in [-0.05, 0) is 24.4 Å². The van der Waals surface area contributed by atoms with E-state index in [4.69, 9.17) is 12.2 Å². The van der Waals surface area contributed by atoms with Gasteiger partial charge in [0.25, 0.3) is 5.91 Å². The van der Waals surface area contributed by atoms with Crippen LogP contribution in [-0.4, -0.2) is 20.8 Å². The number of hydrazine groups is 1. The monoisotopic (exact) mass is 293 g/mol. The lowest BCUT2D eigenvalue weighted by atomic mass is 10.3. The highest BCUT2D eigenvalue weighted by molar-refractivity contribution is 7.80. The summed E-state index contributed by atoms with van der Waals surface area (Å²) in [4.78, 5) is 11.7. The lowest BCUT2D eigenvalue weighted by Gasteiger charge is -2.11. The molecule has 8 heteroatoms. The normalized spacial score (nSPS) is 9.90. The van der Waals surface area contributed by atoms with Crippen LogP contribution in [0.2, 0.25) is 0 Å². The van der Waals surface area contributed by atoms with E-state index < -0.39 is 11.7 Å². The number of benzene rings is 1. The van der Waals surface area contributed by atoms with Gasteiger partial charge in [-0.25, -0.2) is 4.39 Å². The Bertz CT molecular complexity index is 642. The number of nitrogens with one attached hydrogen (secondary N) is 3. The van der Waals surface area contributed by atoms with Gasteiger partial charge in [-0.1, -0.05) is 12.1 Å². The maximum Gasteiger partial charge on any atom is 0.272 e. The van der Waals surface area contributed by atoms with Crippen LogP contribution in [0.5, 0.6) is 0 Å². The van der Waals surface area contributed by atoms with Crippen LogP contribution in [0.3, 0.4) is 0 Å². The lowest BCUT2D eigenvalue weighted by molar-refractivity contribution is 0.0944. The molecule has 3 N–H and O–H groups in total. The summed E-state index contributed by atoms with van der Waals surface area (Å²) in [5.41, 5.74) is 5.47. The SMILES string of the molecule is Cn1cc(C(=O)NNC(=S)Nc2ccccc2F)cn1. The fourth-order valence-corrected chi connectivity index (χ4v) is 1.60. The molecule has 104 valence electrons. The minimum Gasteiger partial charge on any atom is -0.329 e. The van der Waals surface area contributed by atoms with Gasteiger partial charge < -0.3 is 5.32 Å². The van der Waals surface area contributed by atoms with E-state index in [0.29, 0.717) is 5.56 Å². The molecule has 1 heterocycles. The van der Waals surface area contributed by atoms with Crippen molar-refractivity contribution < 1.29 is 9.18 Å². The average Bonchev–Trinajstić information content (AvgIpc) is 2.85. The average molecular weight is 293 g/mol. The second-order valence-corrected chi connectivity index (χ2v) is 4.32. The summed E-state index contributed by atoms with van der Waals surface area (Å²) in [5.74, 6) is -0.828. The number of amides is 1. The molecule has 6 nitrogen and oxygen atoms in total. The first kappa shape index (κ1) is 13.9. The van der Waals surface area contributed by atoms with Crippen LogP contribution in [0, 0.1) is 5.82 Å². The first-order chi connectivity index (χ1) is 9.56. The highest BCUT2D eigenvalue weighted by Gasteiger charge is 2.08. The van der Waals surface area contributed by atoms with E-state index in [2.05, 4.69) is 21.3 Å². The molecule has 1 aromatic heterocycles. The number of aryl methyl sites for hydroxylation is 1. The Kier molecular flexibility index (Phi) is 4.26. The Balaban J connectivity index is 1.87. The molecule has 0 unspecified atom stereocenters. The van der Waals surface area contributed by atoms with Gasteiger partial charge in [0.15, 0.2) is 5.11 Å². The molecule has 1 amide bonds. The van der Waals surface area contributed by atoms with Crippen LogP contribution in [0.15, 0.2) is 36.7 Å². The summed E-state index contributed by atoms with van der Waals surface area (Å²) in [6, 6.07) is 6.08. The molecule has 0 fully saturated rings. The molecule has 20 heavy (non-hydrogen) atoms. The van der Waals surface area contributed by atoms with Crippen LogP contribution in [0.4, 0.5) is 10.1 Å². The smallest absolute Gasteiger partial charge is 0.272 e. The predicted molar refractivity (Wildman–Crippen MR) is 76.4 cm³/mol. The molecule has 0 spiro atoms. The Morgan fingerprint density at radius 1 is 1.35 bits per heavy atom. The van der Waals surface area contributed by atoms with Gasteiger partial charge in [0.05, 0.1) is 17.4 Å². The number of carbonyl (C=O) groups is 1. The van der Waals surface area contributed by atoms with Crippen LogP contribution < -0.4 is 16.2 Å². The van der Waals surface area contributed by atoms with Crippen molar-refractivity contribution in [1.82, 2.24) is 20.6 Å². The molecule has 0 saturated heterocycles. The first-order valence-electron chi connectivity index (χ1n) is 5.67. The number of halogens is 1. The zero-order valence-corrected chi connectivity index (χ0v) is 11.4. The van der Waals surface area contributed by atoms with E-state index in [1.807, 2.05) is 0 Å². The fraction of sp³-hybridized carbons (Fsp3) is 0.0833. The minimum atomic E-state index is -0.435. The third kappa shape index (κ3) is 3.51. The molecule has 0 bridgehead atoms. The Labute approximate surface area is 119 Å². The minimum absolute atomic E-state index is 0.0762. The molecular formula is C12H12FN5OS.